The summed E-state index contributed by atoms with van der Waals surface area (Å²) in [7, 11) is -1.41. The molecule has 0 N–H and O–H groups in total. The van der Waals surface area contributed by atoms with Gasteiger partial charge in [0.15, 0.2) is 5.76 Å². The molecule has 1 amide bonds. The van der Waals surface area contributed by atoms with E-state index in [1.165, 1.54) is 6.07 Å². The van der Waals surface area contributed by atoms with Gasteiger partial charge in [0.25, 0.3) is 0 Å². The van der Waals surface area contributed by atoms with Gasteiger partial charge in [0.1, 0.15) is 17.3 Å². The number of halogens is 1. The Hall–Kier alpha value is -3.62. The van der Waals surface area contributed by atoms with E-state index in [4.69, 9.17) is 4.52 Å². The van der Waals surface area contributed by atoms with Crippen LogP contribution in [0.25, 0.3) is 11.3 Å². The first-order valence-electron chi connectivity index (χ1n) is 12.3. The third-order valence-electron chi connectivity index (χ3n) is 6.55. The standard InChI is InChI=1S/C29H28FN3O3S/c30-26-14-8-7-13-25(26)27-19-24(36-31-27)20-32-15-17-33(18-16-32)28(34)21-37(35)29(22-9-3-1-4-10-22)23-11-5-2-6-12-23/h1-14,19,29H,15-18,20-21H2. The summed E-state index contributed by atoms with van der Waals surface area (Å²) in [4.78, 5) is 17.0. The molecule has 1 aromatic heterocycles. The molecule has 6 nitrogen and oxygen atoms in total. The van der Waals surface area contributed by atoms with Gasteiger partial charge in [0, 0.05) is 48.6 Å². The second-order valence-corrected chi connectivity index (χ2v) is 10.6. The van der Waals surface area contributed by atoms with Crippen molar-refractivity contribution in [1.29, 1.82) is 0 Å². The quantitative estimate of drug-likeness (QED) is 0.340. The lowest BCUT2D eigenvalue weighted by atomic mass is 10.0. The third kappa shape index (κ3) is 6.03. The lowest BCUT2D eigenvalue weighted by Gasteiger charge is -2.34. The number of hydrogen-bond acceptors (Lipinski definition) is 5. The number of hydrogen-bond donors (Lipinski definition) is 0. The van der Waals surface area contributed by atoms with Crippen molar-refractivity contribution in [3.05, 3.63) is 114 Å². The van der Waals surface area contributed by atoms with Crippen LogP contribution in [0.4, 0.5) is 4.39 Å². The van der Waals surface area contributed by atoms with E-state index in [-0.39, 0.29) is 22.7 Å². The minimum Gasteiger partial charge on any atom is -0.359 e. The van der Waals surface area contributed by atoms with Gasteiger partial charge in [-0.1, -0.05) is 78.0 Å². The molecule has 37 heavy (non-hydrogen) atoms. The monoisotopic (exact) mass is 517 g/mol. The van der Waals surface area contributed by atoms with Gasteiger partial charge in [-0.2, -0.15) is 0 Å². The van der Waals surface area contributed by atoms with E-state index in [1.54, 1.807) is 29.2 Å². The Balaban J connectivity index is 1.17. The number of rotatable bonds is 8. The van der Waals surface area contributed by atoms with E-state index in [0.29, 0.717) is 49.7 Å². The van der Waals surface area contributed by atoms with Crippen LogP contribution in [-0.2, 0) is 22.1 Å². The molecule has 0 saturated carbocycles. The Morgan fingerprint density at radius 3 is 2.11 bits per heavy atom. The zero-order valence-corrected chi connectivity index (χ0v) is 21.1. The molecule has 5 rings (SSSR count). The maximum Gasteiger partial charge on any atom is 0.235 e. The van der Waals surface area contributed by atoms with Gasteiger partial charge in [0.2, 0.25) is 5.91 Å². The predicted molar refractivity (Wildman–Crippen MR) is 141 cm³/mol. The van der Waals surface area contributed by atoms with Crippen molar-refractivity contribution >= 4 is 16.7 Å². The molecule has 2 heterocycles. The number of carbonyl (C=O) groups excluding carboxylic acids is 1. The van der Waals surface area contributed by atoms with Crippen LogP contribution in [0.2, 0.25) is 0 Å². The van der Waals surface area contributed by atoms with Crippen molar-refractivity contribution < 1.29 is 17.9 Å². The average molecular weight is 518 g/mol. The second kappa shape index (κ2) is 11.6. The van der Waals surface area contributed by atoms with Crippen molar-refractivity contribution in [2.24, 2.45) is 0 Å². The molecule has 1 saturated heterocycles. The summed E-state index contributed by atoms with van der Waals surface area (Å²) in [6, 6.07) is 27.6. The number of carbonyl (C=O) groups is 1. The van der Waals surface area contributed by atoms with Gasteiger partial charge in [-0.05, 0) is 23.3 Å². The highest BCUT2D eigenvalue weighted by atomic mass is 32.2. The summed E-state index contributed by atoms with van der Waals surface area (Å²) in [5.41, 5.74) is 2.75. The fourth-order valence-corrected chi connectivity index (χ4v) is 6.12. The van der Waals surface area contributed by atoms with E-state index >= 15 is 0 Å². The minimum absolute atomic E-state index is 0.0252. The van der Waals surface area contributed by atoms with Crippen LogP contribution in [0, 0.1) is 5.82 Å². The molecule has 1 aliphatic rings. The van der Waals surface area contributed by atoms with Crippen molar-refractivity contribution in [2.75, 3.05) is 31.9 Å². The number of nitrogens with zero attached hydrogens (tertiary/aromatic N) is 3. The van der Waals surface area contributed by atoms with E-state index < -0.39 is 10.8 Å². The highest BCUT2D eigenvalue weighted by molar-refractivity contribution is 7.86. The molecule has 3 aromatic carbocycles. The summed E-state index contributed by atoms with van der Waals surface area (Å²) in [5, 5.41) is 3.66. The van der Waals surface area contributed by atoms with E-state index in [9.17, 15) is 13.4 Å². The van der Waals surface area contributed by atoms with Crippen molar-refractivity contribution in [3.63, 3.8) is 0 Å². The maximum atomic E-state index is 14.0. The summed E-state index contributed by atoms with van der Waals surface area (Å²) in [5.74, 6) is 0.181. The van der Waals surface area contributed by atoms with Crippen molar-refractivity contribution in [2.45, 2.75) is 11.8 Å². The lowest BCUT2D eigenvalue weighted by molar-refractivity contribution is -0.130. The van der Waals surface area contributed by atoms with Gasteiger partial charge in [-0.15, -0.1) is 0 Å². The Morgan fingerprint density at radius 2 is 1.49 bits per heavy atom. The number of benzene rings is 3. The van der Waals surface area contributed by atoms with Gasteiger partial charge in [0.05, 0.1) is 11.8 Å². The molecule has 1 unspecified atom stereocenters. The highest BCUT2D eigenvalue weighted by Gasteiger charge is 2.27. The van der Waals surface area contributed by atoms with E-state index in [2.05, 4.69) is 10.1 Å². The van der Waals surface area contributed by atoms with Crippen molar-refractivity contribution in [1.82, 2.24) is 15.0 Å². The van der Waals surface area contributed by atoms with E-state index in [1.807, 2.05) is 60.7 Å². The van der Waals surface area contributed by atoms with Crippen LogP contribution < -0.4 is 0 Å². The normalized spacial score (nSPS) is 15.1. The minimum atomic E-state index is -1.41. The van der Waals surface area contributed by atoms with Gasteiger partial charge in [-0.25, -0.2) is 4.39 Å². The van der Waals surface area contributed by atoms with Gasteiger partial charge >= 0.3 is 0 Å². The molecule has 1 fully saturated rings. The van der Waals surface area contributed by atoms with Crippen LogP contribution in [-0.4, -0.2) is 57.0 Å². The Morgan fingerprint density at radius 1 is 0.892 bits per heavy atom. The van der Waals surface area contributed by atoms with Crippen LogP contribution in [0.5, 0.6) is 0 Å². The molecular formula is C29H28FN3O3S. The first-order valence-corrected chi connectivity index (χ1v) is 13.6. The summed E-state index contributed by atoms with van der Waals surface area (Å²) < 4.78 is 32.9. The molecular weight excluding hydrogens is 489 g/mol. The topological polar surface area (TPSA) is 66.7 Å². The van der Waals surface area contributed by atoms with Crippen LogP contribution >= 0.6 is 0 Å². The molecule has 0 aliphatic carbocycles. The Bertz CT molecular complexity index is 1320. The first kappa shape index (κ1) is 25.0. The zero-order valence-electron chi connectivity index (χ0n) is 20.3. The summed E-state index contributed by atoms with van der Waals surface area (Å²) in [6.45, 7) is 2.95. The van der Waals surface area contributed by atoms with Crippen molar-refractivity contribution in [3.8, 4) is 11.3 Å². The first-order chi connectivity index (χ1) is 18.1. The molecule has 0 radical (unpaired) electrons. The molecule has 8 heteroatoms. The fourth-order valence-electron chi connectivity index (χ4n) is 4.61. The summed E-state index contributed by atoms with van der Waals surface area (Å²) >= 11 is 0. The van der Waals surface area contributed by atoms with Crippen LogP contribution in [0.1, 0.15) is 22.1 Å². The van der Waals surface area contributed by atoms with Crippen LogP contribution in [0.3, 0.4) is 0 Å². The zero-order chi connectivity index (χ0) is 25.6. The summed E-state index contributed by atoms with van der Waals surface area (Å²) in [6.07, 6.45) is 0. The van der Waals surface area contributed by atoms with E-state index in [0.717, 1.165) is 11.1 Å². The SMILES string of the molecule is O=C(CS(=O)C(c1ccccc1)c1ccccc1)N1CCN(Cc2cc(-c3ccccc3F)no2)CC1. The largest absolute Gasteiger partial charge is 0.359 e. The predicted octanol–water partition coefficient (Wildman–Crippen LogP) is 4.66. The molecule has 1 atom stereocenters. The smallest absolute Gasteiger partial charge is 0.235 e. The van der Waals surface area contributed by atoms with Gasteiger partial charge < -0.3 is 9.42 Å². The molecule has 0 spiro atoms. The number of aromatic nitrogens is 1. The van der Waals surface area contributed by atoms with Crippen LogP contribution in [0.15, 0.2) is 95.5 Å². The highest BCUT2D eigenvalue weighted by Crippen LogP contribution is 2.28. The molecule has 4 aromatic rings. The molecule has 1 aliphatic heterocycles. The lowest BCUT2D eigenvalue weighted by Crippen LogP contribution is -2.49. The molecule has 190 valence electrons. The maximum absolute atomic E-state index is 14.0. The third-order valence-corrected chi connectivity index (χ3v) is 8.15. The second-order valence-electron chi connectivity index (χ2n) is 9.04. The Kier molecular flexibility index (Phi) is 7.87. The number of amides is 1. The van der Waals surface area contributed by atoms with Gasteiger partial charge in [-0.3, -0.25) is 13.9 Å². The number of piperazine rings is 1. The fraction of sp³-hybridized carbons (Fsp3) is 0.241. The average Bonchev–Trinajstić information content (AvgIpc) is 3.39. The Labute approximate surface area is 218 Å². The molecule has 0 bridgehead atoms.